The first-order valence-corrected chi connectivity index (χ1v) is 6.27. The largest absolute Gasteiger partial charge is 0.464 e. The Morgan fingerprint density at radius 1 is 1.75 bits per heavy atom. The third-order valence-corrected chi connectivity index (χ3v) is 4.27. The molecule has 1 rings (SSSR count). The minimum absolute atomic E-state index is 0.255. The number of nitriles is 1. The van der Waals surface area contributed by atoms with Crippen LogP contribution in [-0.4, -0.2) is 33.0 Å². The molecule has 0 saturated heterocycles. The topological polar surface area (TPSA) is 109 Å². The van der Waals surface area contributed by atoms with E-state index in [0.717, 1.165) is 18.4 Å². The molecular formula is C7H7N3O4S2. The second kappa shape index (κ2) is 5.02. The Labute approximate surface area is 95.7 Å². The Morgan fingerprint density at radius 3 is 3.00 bits per heavy atom. The van der Waals surface area contributed by atoms with Crippen LogP contribution in [0.3, 0.4) is 0 Å². The molecule has 1 N–H and O–H groups in total. The summed E-state index contributed by atoms with van der Waals surface area (Å²) < 4.78 is 29.3. The standard InChI is InChI=1S/C7H7N3O4S2/c1-14-6(11)5-7(15-4-9-5)16(12,13)10-3-2-8/h4,10H,3H2,1H3. The summed E-state index contributed by atoms with van der Waals surface area (Å²) in [6.07, 6.45) is 0. The molecule has 1 aromatic heterocycles. The van der Waals surface area contributed by atoms with Crippen molar-refractivity contribution in [1.29, 1.82) is 5.26 Å². The monoisotopic (exact) mass is 261 g/mol. The fourth-order valence-corrected chi connectivity index (χ4v) is 2.94. The molecule has 0 aromatic carbocycles. The fraction of sp³-hybridized carbons (Fsp3) is 0.286. The zero-order valence-electron chi connectivity index (χ0n) is 8.13. The Morgan fingerprint density at radius 2 is 2.44 bits per heavy atom. The average molecular weight is 261 g/mol. The average Bonchev–Trinajstić information content (AvgIpc) is 2.75. The third kappa shape index (κ3) is 2.54. The predicted molar refractivity (Wildman–Crippen MR) is 54.3 cm³/mol. The molecule has 0 bridgehead atoms. The molecule has 0 unspecified atom stereocenters. The smallest absolute Gasteiger partial charge is 0.358 e. The maximum atomic E-state index is 11.6. The number of methoxy groups -OCH3 is 1. The van der Waals surface area contributed by atoms with Crippen LogP contribution in [0.1, 0.15) is 10.5 Å². The number of rotatable bonds is 4. The summed E-state index contributed by atoms with van der Waals surface area (Å²) in [7, 11) is -2.76. The van der Waals surface area contributed by atoms with Crippen molar-refractivity contribution < 1.29 is 17.9 Å². The van der Waals surface area contributed by atoms with Gasteiger partial charge in [0.25, 0.3) is 10.0 Å². The lowest BCUT2D eigenvalue weighted by atomic mass is 10.5. The van der Waals surface area contributed by atoms with Gasteiger partial charge in [-0.2, -0.15) is 9.98 Å². The van der Waals surface area contributed by atoms with Crippen LogP contribution in [-0.2, 0) is 14.8 Å². The van der Waals surface area contributed by atoms with E-state index >= 15 is 0 Å². The van der Waals surface area contributed by atoms with Gasteiger partial charge in [-0.15, -0.1) is 11.3 Å². The SMILES string of the molecule is COC(=O)c1ncsc1S(=O)(=O)NCC#N. The fourth-order valence-electron chi connectivity index (χ4n) is 0.852. The van der Waals surface area contributed by atoms with Crippen LogP contribution in [0.15, 0.2) is 9.72 Å². The van der Waals surface area contributed by atoms with E-state index in [0.29, 0.717) is 0 Å². The lowest BCUT2D eigenvalue weighted by molar-refractivity contribution is 0.0590. The zero-order valence-corrected chi connectivity index (χ0v) is 9.76. The summed E-state index contributed by atoms with van der Waals surface area (Å²) in [4.78, 5) is 14.8. The molecule has 86 valence electrons. The highest BCUT2D eigenvalue weighted by atomic mass is 32.2. The first-order valence-electron chi connectivity index (χ1n) is 3.91. The van der Waals surface area contributed by atoms with Gasteiger partial charge < -0.3 is 4.74 Å². The second-order valence-corrected chi connectivity index (χ2v) is 5.28. The molecule has 0 fully saturated rings. The van der Waals surface area contributed by atoms with Gasteiger partial charge >= 0.3 is 5.97 Å². The molecule has 1 aromatic rings. The molecular weight excluding hydrogens is 254 g/mol. The normalized spacial score (nSPS) is 10.8. The molecule has 0 aliphatic rings. The number of esters is 1. The Bertz CT molecular complexity index is 528. The van der Waals surface area contributed by atoms with E-state index in [1.807, 2.05) is 4.72 Å². The van der Waals surface area contributed by atoms with Crippen LogP contribution in [0.2, 0.25) is 0 Å². The third-order valence-electron chi connectivity index (χ3n) is 1.50. The van der Waals surface area contributed by atoms with Gasteiger partial charge in [0.1, 0.15) is 0 Å². The minimum atomic E-state index is -3.88. The first kappa shape index (κ1) is 12.6. The number of carbonyl (C=O) groups excluding carboxylic acids is 1. The highest BCUT2D eigenvalue weighted by Crippen LogP contribution is 2.20. The summed E-state index contributed by atoms with van der Waals surface area (Å²) in [5, 5.41) is 8.27. The highest BCUT2D eigenvalue weighted by Gasteiger charge is 2.25. The Balaban J connectivity index is 3.10. The highest BCUT2D eigenvalue weighted by molar-refractivity contribution is 7.91. The van der Waals surface area contributed by atoms with Crippen LogP contribution >= 0.6 is 11.3 Å². The predicted octanol–water partition coefficient (Wildman–Crippen LogP) is -0.268. The summed E-state index contributed by atoms with van der Waals surface area (Å²) in [6, 6.07) is 1.63. The molecule has 16 heavy (non-hydrogen) atoms. The number of carbonyl (C=O) groups is 1. The van der Waals surface area contributed by atoms with Crippen molar-refractivity contribution in [2.24, 2.45) is 0 Å². The zero-order chi connectivity index (χ0) is 12.2. The summed E-state index contributed by atoms with van der Waals surface area (Å²) in [5.41, 5.74) is 0.936. The van der Waals surface area contributed by atoms with Gasteiger partial charge in [0.05, 0.1) is 25.2 Å². The molecule has 9 heteroatoms. The molecule has 0 atom stereocenters. The van der Waals surface area contributed by atoms with Gasteiger partial charge in [-0.1, -0.05) is 0 Å². The Hall–Kier alpha value is -1.50. The number of thiazole rings is 1. The maximum absolute atomic E-state index is 11.6. The van der Waals surface area contributed by atoms with E-state index in [9.17, 15) is 13.2 Å². The van der Waals surface area contributed by atoms with E-state index in [1.54, 1.807) is 6.07 Å². The number of sulfonamides is 1. The number of ether oxygens (including phenoxy) is 1. The van der Waals surface area contributed by atoms with Crippen molar-refractivity contribution in [3.8, 4) is 6.07 Å². The summed E-state index contributed by atoms with van der Waals surface area (Å²) >= 11 is 0.779. The summed E-state index contributed by atoms with van der Waals surface area (Å²) in [5.74, 6) is -0.835. The van der Waals surface area contributed by atoms with Gasteiger partial charge in [0, 0.05) is 0 Å². The molecule has 0 radical (unpaired) electrons. The number of hydrogen-bond acceptors (Lipinski definition) is 7. The molecule has 0 saturated carbocycles. The van der Waals surface area contributed by atoms with Crippen molar-refractivity contribution in [3.63, 3.8) is 0 Å². The lowest BCUT2D eigenvalue weighted by Crippen LogP contribution is -2.25. The van der Waals surface area contributed by atoms with Crippen molar-refractivity contribution in [2.75, 3.05) is 13.7 Å². The van der Waals surface area contributed by atoms with E-state index in [1.165, 1.54) is 5.51 Å². The van der Waals surface area contributed by atoms with E-state index in [-0.39, 0.29) is 16.4 Å². The van der Waals surface area contributed by atoms with Crippen LogP contribution < -0.4 is 4.72 Å². The van der Waals surface area contributed by atoms with Crippen molar-refractivity contribution in [1.82, 2.24) is 9.71 Å². The van der Waals surface area contributed by atoms with Crippen molar-refractivity contribution >= 4 is 27.3 Å². The minimum Gasteiger partial charge on any atom is -0.464 e. The van der Waals surface area contributed by atoms with Crippen LogP contribution in [0, 0.1) is 11.3 Å². The van der Waals surface area contributed by atoms with Crippen molar-refractivity contribution in [2.45, 2.75) is 4.21 Å². The van der Waals surface area contributed by atoms with Gasteiger partial charge in [0.15, 0.2) is 9.90 Å². The number of aromatic nitrogens is 1. The molecule has 0 spiro atoms. The quantitative estimate of drug-likeness (QED) is 0.590. The van der Waals surface area contributed by atoms with Gasteiger partial charge in [-0.25, -0.2) is 18.2 Å². The molecule has 7 nitrogen and oxygen atoms in total. The molecule has 0 aliphatic carbocycles. The molecule has 0 amide bonds. The summed E-state index contributed by atoms with van der Waals surface area (Å²) in [6.45, 7) is -0.374. The van der Waals surface area contributed by atoms with E-state index in [2.05, 4.69) is 9.72 Å². The van der Waals surface area contributed by atoms with Crippen LogP contribution in [0.4, 0.5) is 0 Å². The maximum Gasteiger partial charge on any atom is 0.358 e. The second-order valence-electron chi connectivity index (χ2n) is 2.46. The van der Waals surface area contributed by atoms with Crippen molar-refractivity contribution in [3.05, 3.63) is 11.2 Å². The Kier molecular flexibility index (Phi) is 3.94. The van der Waals surface area contributed by atoms with Crippen LogP contribution in [0.5, 0.6) is 0 Å². The van der Waals surface area contributed by atoms with Gasteiger partial charge in [0.2, 0.25) is 0 Å². The lowest BCUT2D eigenvalue weighted by Gasteiger charge is -2.01. The molecule has 0 aliphatic heterocycles. The van der Waals surface area contributed by atoms with E-state index < -0.39 is 16.0 Å². The van der Waals surface area contributed by atoms with E-state index in [4.69, 9.17) is 5.26 Å². The number of hydrogen-bond donors (Lipinski definition) is 1. The number of nitrogens with zero attached hydrogens (tertiary/aromatic N) is 2. The number of nitrogens with one attached hydrogen (secondary N) is 1. The van der Waals surface area contributed by atoms with Gasteiger partial charge in [-0.3, -0.25) is 0 Å². The van der Waals surface area contributed by atoms with Gasteiger partial charge in [-0.05, 0) is 0 Å². The van der Waals surface area contributed by atoms with Crippen LogP contribution in [0.25, 0.3) is 0 Å². The molecule has 1 heterocycles. The first-order chi connectivity index (χ1) is 7.53.